The molecule has 3 aromatic rings. The Bertz CT molecular complexity index is 1250. The van der Waals surface area contributed by atoms with E-state index in [0.29, 0.717) is 11.3 Å². The normalized spacial score (nSPS) is 20.2. The molecule has 1 fully saturated rings. The first-order valence-corrected chi connectivity index (χ1v) is 13.0. The van der Waals surface area contributed by atoms with E-state index in [4.69, 9.17) is 0 Å². The lowest BCUT2D eigenvalue weighted by Crippen LogP contribution is -2.44. The largest absolute Gasteiger partial charge is 0.364 e. The van der Waals surface area contributed by atoms with Crippen molar-refractivity contribution in [1.29, 1.82) is 0 Å². The van der Waals surface area contributed by atoms with Crippen LogP contribution in [0.4, 0.5) is 5.69 Å². The summed E-state index contributed by atoms with van der Waals surface area (Å²) in [7, 11) is -3.61. The molecule has 0 bridgehead atoms. The van der Waals surface area contributed by atoms with Crippen LogP contribution in [0.15, 0.2) is 83.8 Å². The van der Waals surface area contributed by atoms with Crippen LogP contribution in [0.1, 0.15) is 40.5 Å². The fourth-order valence-electron chi connectivity index (χ4n) is 4.55. The maximum Gasteiger partial charge on any atom is 0.251 e. The van der Waals surface area contributed by atoms with E-state index in [1.807, 2.05) is 6.07 Å². The van der Waals surface area contributed by atoms with E-state index in [-0.39, 0.29) is 16.8 Å². The van der Waals surface area contributed by atoms with Gasteiger partial charge in [-0.05, 0) is 48.2 Å². The van der Waals surface area contributed by atoms with Crippen LogP contribution in [0, 0.1) is 0 Å². The number of benzene rings is 3. The maximum absolute atomic E-state index is 12.8. The highest BCUT2D eigenvalue weighted by Gasteiger charge is 2.29. The van der Waals surface area contributed by atoms with Gasteiger partial charge in [0.05, 0.1) is 5.69 Å². The lowest BCUT2D eigenvalue weighted by atomic mass is 10.0. The Hall–Kier alpha value is -3.20. The molecule has 2 aliphatic rings. The zero-order valence-corrected chi connectivity index (χ0v) is 19.6. The number of anilines is 1. The summed E-state index contributed by atoms with van der Waals surface area (Å²) in [5.74, 6) is -0.101. The van der Waals surface area contributed by atoms with Crippen molar-refractivity contribution in [2.24, 2.45) is 0 Å². The summed E-state index contributed by atoms with van der Waals surface area (Å²) in [6.07, 6.45) is 1.25. The standard InChI is InChI=1S/C26H28N4O3S/c31-26(27-22-14-16-30(17-15-22)18-19-6-2-1-3-7-19)21-12-10-20(11-13-21)25-28-23-8-4-5-9-24(23)34(32,33)29-25/h1-13,22,25,28-29H,14-18H2,(H,27,31)/t25-/m0/s1. The number of carbonyl (C=O) groups is 1. The first-order chi connectivity index (χ1) is 16.5. The van der Waals surface area contributed by atoms with Crippen LogP contribution < -0.4 is 15.4 Å². The van der Waals surface area contributed by atoms with E-state index in [0.717, 1.165) is 38.0 Å². The monoisotopic (exact) mass is 476 g/mol. The van der Waals surface area contributed by atoms with Gasteiger partial charge < -0.3 is 10.6 Å². The van der Waals surface area contributed by atoms with Gasteiger partial charge in [-0.3, -0.25) is 9.69 Å². The van der Waals surface area contributed by atoms with Crippen LogP contribution in [0.3, 0.4) is 0 Å². The Labute approximate surface area is 200 Å². The minimum absolute atomic E-state index is 0.101. The lowest BCUT2D eigenvalue weighted by Gasteiger charge is -2.32. The second kappa shape index (κ2) is 9.58. The van der Waals surface area contributed by atoms with E-state index in [1.165, 1.54) is 5.56 Å². The molecule has 2 aliphatic heterocycles. The smallest absolute Gasteiger partial charge is 0.251 e. The number of amides is 1. The molecule has 0 saturated carbocycles. The van der Waals surface area contributed by atoms with Gasteiger partial charge in [-0.25, -0.2) is 8.42 Å². The van der Waals surface area contributed by atoms with Gasteiger partial charge in [0.15, 0.2) is 0 Å². The third-order valence-corrected chi connectivity index (χ3v) is 7.91. The number of fused-ring (bicyclic) bond motifs is 1. The van der Waals surface area contributed by atoms with Crippen LogP contribution in [-0.2, 0) is 16.6 Å². The number of nitrogens with one attached hydrogen (secondary N) is 3. The van der Waals surface area contributed by atoms with Gasteiger partial charge in [-0.2, -0.15) is 4.72 Å². The van der Waals surface area contributed by atoms with Gasteiger partial charge in [-0.1, -0.05) is 54.6 Å². The molecule has 7 nitrogen and oxygen atoms in total. The third kappa shape index (κ3) is 4.99. The summed E-state index contributed by atoms with van der Waals surface area (Å²) in [6, 6.07) is 24.4. The molecule has 0 unspecified atom stereocenters. The fourth-order valence-corrected chi connectivity index (χ4v) is 5.85. The number of likely N-dealkylation sites (tertiary alicyclic amines) is 1. The van der Waals surface area contributed by atoms with E-state index in [9.17, 15) is 13.2 Å². The molecule has 1 saturated heterocycles. The molecule has 34 heavy (non-hydrogen) atoms. The first-order valence-electron chi connectivity index (χ1n) is 11.5. The molecule has 3 N–H and O–H groups in total. The predicted molar refractivity (Wildman–Crippen MR) is 132 cm³/mol. The van der Waals surface area contributed by atoms with Gasteiger partial charge in [0.2, 0.25) is 10.0 Å². The molecule has 1 atom stereocenters. The van der Waals surface area contributed by atoms with Crippen LogP contribution in [0.25, 0.3) is 0 Å². The molecule has 2 heterocycles. The van der Waals surface area contributed by atoms with Crippen LogP contribution in [0.5, 0.6) is 0 Å². The van der Waals surface area contributed by atoms with Crippen molar-refractivity contribution in [2.45, 2.75) is 36.5 Å². The number of hydrogen-bond acceptors (Lipinski definition) is 5. The first kappa shape index (κ1) is 22.6. The Morgan fingerprint density at radius 1 is 0.912 bits per heavy atom. The Balaban J connectivity index is 1.17. The van der Waals surface area contributed by atoms with Crippen molar-refractivity contribution in [3.63, 3.8) is 0 Å². The van der Waals surface area contributed by atoms with Gasteiger partial charge in [0.1, 0.15) is 11.1 Å². The SMILES string of the molecule is O=C(NC1CCN(Cc2ccccc2)CC1)c1ccc([C@H]2Nc3ccccc3S(=O)(=O)N2)cc1. The minimum Gasteiger partial charge on any atom is -0.364 e. The van der Waals surface area contributed by atoms with E-state index >= 15 is 0 Å². The molecule has 5 rings (SSSR count). The lowest BCUT2D eigenvalue weighted by molar-refractivity contribution is 0.0909. The van der Waals surface area contributed by atoms with Crippen molar-refractivity contribution >= 4 is 21.6 Å². The molecule has 0 radical (unpaired) electrons. The van der Waals surface area contributed by atoms with E-state index in [2.05, 4.69) is 44.5 Å². The number of carbonyl (C=O) groups excluding carboxylic acids is 1. The summed E-state index contributed by atoms with van der Waals surface area (Å²) >= 11 is 0. The van der Waals surface area contributed by atoms with Crippen molar-refractivity contribution < 1.29 is 13.2 Å². The van der Waals surface area contributed by atoms with Gasteiger partial charge >= 0.3 is 0 Å². The molecule has 3 aromatic carbocycles. The molecular weight excluding hydrogens is 448 g/mol. The quantitative estimate of drug-likeness (QED) is 0.525. The summed E-state index contributed by atoms with van der Waals surface area (Å²) in [4.78, 5) is 15.4. The van der Waals surface area contributed by atoms with Gasteiger partial charge in [0.25, 0.3) is 5.91 Å². The number of rotatable bonds is 5. The number of piperidine rings is 1. The minimum atomic E-state index is -3.61. The van der Waals surface area contributed by atoms with Gasteiger partial charge in [0, 0.05) is 31.2 Å². The summed E-state index contributed by atoms with van der Waals surface area (Å²) in [5.41, 5.74) is 3.17. The Morgan fingerprint density at radius 3 is 2.32 bits per heavy atom. The molecule has 0 aromatic heterocycles. The highest BCUT2D eigenvalue weighted by Crippen LogP contribution is 2.30. The van der Waals surface area contributed by atoms with Crippen LogP contribution >= 0.6 is 0 Å². The number of nitrogens with zero attached hydrogens (tertiary/aromatic N) is 1. The average Bonchev–Trinajstić information content (AvgIpc) is 2.85. The summed E-state index contributed by atoms with van der Waals surface area (Å²) < 4.78 is 27.8. The van der Waals surface area contributed by atoms with Crippen LogP contribution in [0.2, 0.25) is 0 Å². The van der Waals surface area contributed by atoms with Gasteiger partial charge in [-0.15, -0.1) is 0 Å². The van der Waals surface area contributed by atoms with Crippen LogP contribution in [-0.4, -0.2) is 38.4 Å². The average molecular weight is 477 g/mol. The van der Waals surface area contributed by atoms with E-state index < -0.39 is 16.2 Å². The molecule has 1 amide bonds. The van der Waals surface area contributed by atoms with Crippen molar-refractivity contribution in [1.82, 2.24) is 14.9 Å². The Morgan fingerprint density at radius 2 is 1.59 bits per heavy atom. The molecule has 8 heteroatoms. The van der Waals surface area contributed by atoms with Crippen molar-refractivity contribution in [3.8, 4) is 0 Å². The summed E-state index contributed by atoms with van der Waals surface area (Å²) in [6.45, 7) is 2.84. The zero-order chi connectivity index (χ0) is 23.5. The summed E-state index contributed by atoms with van der Waals surface area (Å²) in [5, 5.41) is 6.36. The molecule has 176 valence electrons. The molecule has 0 aliphatic carbocycles. The third-order valence-electron chi connectivity index (χ3n) is 6.43. The predicted octanol–water partition coefficient (Wildman–Crippen LogP) is 3.48. The molecular formula is C26H28N4O3S. The fraction of sp³-hybridized carbons (Fsp3) is 0.269. The highest BCUT2D eigenvalue weighted by molar-refractivity contribution is 7.89. The number of hydrogen-bond donors (Lipinski definition) is 3. The number of sulfonamides is 1. The topological polar surface area (TPSA) is 90.5 Å². The van der Waals surface area contributed by atoms with Crippen molar-refractivity contribution in [3.05, 3.63) is 95.6 Å². The zero-order valence-electron chi connectivity index (χ0n) is 18.8. The second-order valence-electron chi connectivity index (χ2n) is 8.83. The Kier molecular flexibility index (Phi) is 6.36. The highest BCUT2D eigenvalue weighted by atomic mass is 32.2. The van der Waals surface area contributed by atoms with E-state index in [1.54, 1.807) is 48.5 Å². The van der Waals surface area contributed by atoms with Crippen molar-refractivity contribution in [2.75, 3.05) is 18.4 Å². The second-order valence-corrected chi connectivity index (χ2v) is 10.5. The maximum atomic E-state index is 12.8. The number of para-hydroxylation sites is 1. The molecule has 0 spiro atoms.